The number of ether oxygens (including phenoxy) is 1. The molecule has 0 bridgehead atoms. The summed E-state index contributed by atoms with van der Waals surface area (Å²) in [4.78, 5) is 19.1. The van der Waals surface area contributed by atoms with E-state index in [0.717, 1.165) is 27.8 Å². The van der Waals surface area contributed by atoms with E-state index in [4.69, 9.17) is 9.57 Å². The molecule has 0 spiro atoms. The molecule has 0 fully saturated rings. The lowest BCUT2D eigenvalue weighted by atomic mass is 9.85. The molecule has 0 aromatic heterocycles. The Hall–Kier alpha value is -3.40. The van der Waals surface area contributed by atoms with Crippen molar-refractivity contribution in [1.82, 2.24) is 0 Å². The fourth-order valence-electron chi connectivity index (χ4n) is 4.11. The van der Waals surface area contributed by atoms with Gasteiger partial charge in [0.25, 0.3) is 0 Å². The third kappa shape index (κ3) is 3.99. The Morgan fingerprint density at radius 1 is 0.933 bits per heavy atom. The van der Waals surface area contributed by atoms with Gasteiger partial charge < -0.3 is 9.57 Å². The smallest absolute Gasteiger partial charge is 0.319 e. The standard InChI is InChI=1S/C26H25NO3/c1-17-14-18(2)22(19(3)15-17)24-23(25(30-27-24)21-12-8-5-9-13-21)26(28)29-16-20-10-6-4-7-11-20/h4-15,23,25H,16H2,1-3H3/t23-,25-/m1/s1. The molecule has 2 atom stereocenters. The van der Waals surface area contributed by atoms with Crippen LogP contribution in [-0.2, 0) is 21.0 Å². The van der Waals surface area contributed by atoms with Crippen molar-refractivity contribution in [2.75, 3.05) is 0 Å². The highest BCUT2D eigenvalue weighted by Gasteiger charge is 2.43. The van der Waals surface area contributed by atoms with Gasteiger partial charge in [-0.1, -0.05) is 83.5 Å². The van der Waals surface area contributed by atoms with Gasteiger partial charge in [-0.25, -0.2) is 0 Å². The Balaban J connectivity index is 1.68. The lowest BCUT2D eigenvalue weighted by Gasteiger charge is -2.20. The van der Waals surface area contributed by atoms with E-state index < -0.39 is 12.0 Å². The van der Waals surface area contributed by atoms with Crippen LogP contribution >= 0.6 is 0 Å². The van der Waals surface area contributed by atoms with Gasteiger partial charge in [-0.05, 0) is 43.0 Å². The zero-order valence-electron chi connectivity index (χ0n) is 17.5. The fraction of sp³-hybridized carbons (Fsp3) is 0.231. The molecule has 0 saturated heterocycles. The van der Waals surface area contributed by atoms with Crippen LogP contribution < -0.4 is 0 Å². The monoisotopic (exact) mass is 399 g/mol. The van der Waals surface area contributed by atoms with Crippen LogP contribution in [0.4, 0.5) is 0 Å². The molecular formula is C26H25NO3. The number of hydrogen-bond acceptors (Lipinski definition) is 4. The van der Waals surface area contributed by atoms with E-state index in [0.29, 0.717) is 5.71 Å². The van der Waals surface area contributed by atoms with E-state index in [-0.39, 0.29) is 12.6 Å². The minimum absolute atomic E-state index is 0.219. The SMILES string of the molecule is Cc1cc(C)c(C2=NO[C@H](c3ccccc3)[C@@H]2C(=O)OCc2ccccc2)c(C)c1. The summed E-state index contributed by atoms with van der Waals surface area (Å²) in [6.45, 7) is 6.37. The molecular weight excluding hydrogens is 374 g/mol. The van der Waals surface area contributed by atoms with Gasteiger partial charge in [0.15, 0.2) is 6.10 Å². The number of aryl methyl sites for hydroxylation is 3. The maximum absolute atomic E-state index is 13.3. The Bertz CT molecular complexity index is 1050. The van der Waals surface area contributed by atoms with Crippen LogP contribution in [0, 0.1) is 26.7 Å². The molecule has 1 heterocycles. The Labute approximate surface area is 177 Å². The van der Waals surface area contributed by atoms with Crippen molar-refractivity contribution in [3.05, 3.63) is 106 Å². The topological polar surface area (TPSA) is 47.9 Å². The first-order valence-electron chi connectivity index (χ1n) is 10.1. The molecule has 152 valence electrons. The van der Waals surface area contributed by atoms with Gasteiger partial charge in [-0.2, -0.15) is 0 Å². The van der Waals surface area contributed by atoms with Gasteiger partial charge in [0.2, 0.25) is 0 Å². The summed E-state index contributed by atoms with van der Waals surface area (Å²) in [6, 6.07) is 23.6. The second kappa shape index (κ2) is 8.54. The molecule has 30 heavy (non-hydrogen) atoms. The molecule has 0 aliphatic carbocycles. The van der Waals surface area contributed by atoms with Gasteiger partial charge >= 0.3 is 5.97 Å². The minimum Gasteiger partial charge on any atom is -0.460 e. The number of carbonyl (C=O) groups is 1. The quantitative estimate of drug-likeness (QED) is 0.536. The zero-order chi connectivity index (χ0) is 21.1. The molecule has 1 aliphatic heterocycles. The van der Waals surface area contributed by atoms with Crippen LogP contribution in [0.2, 0.25) is 0 Å². The summed E-state index contributed by atoms with van der Waals surface area (Å²) in [5.41, 5.74) is 6.77. The summed E-state index contributed by atoms with van der Waals surface area (Å²) >= 11 is 0. The summed E-state index contributed by atoms with van der Waals surface area (Å²) in [6.07, 6.45) is -0.510. The second-order valence-corrected chi connectivity index (χ2v) is 7.76. The third-order valence-corrected chi connectivity index (χ3v) is 5.40. The molecule has 4 nitrogen and oxygen atoms in total. The molecule has 0 amide bonds. The average Bonchev–Trinajstić information content (AvgIpc) is 3.17. The van der Waals surface area contributed by atoms with E-state index in [1.807, 2.05) is 74.5 Å². The Kier molecular flexibility index (Phi) is 5.66. The van der Waals surface area contributed by atoms with Gasteiger partial charge in [0.05, 0.1) is 0 Å². The number of esters is 1. The minimum atomic E-state index is -0.629. The van der Waals surface area contributed by atoms with Crippen molar-refractivity contribution in [3.8, 4) is 0 Å². The lowest BCUT2D eigenvalue weighted by Crippen LogP contribution is -2.30. The van der Waals surface area contributed by atoms with Crippen molar-refractivity contribution in [2.24, 2.45) is 11.1 Å². The normalized spacial score (nSPS) is 17.9. The van der Waals surface area contributed by atoms with Crippen LogP contribution in [0.5, 0.6) is 0 Å². The largest absolute Gasteiger partial charge is 0.460 e. The van der Waals surface area contributed by atoms with Crippen molar-refractivity contribution in [1.29, 1.82) is 0 Å². The predicted molar refractivity (Wildman–Crippen MR) is 117 cm³/mol. The van der Waals surface area contributed by atoms with Gasteiger partial charge in [-0.3, -0.25) is 4.79 Å². The van der Waals surface area contributed by atoms with Crippen LogP contribution in [-0.4, -0.2) is 11.7 Å². The number of rotatable bonds is 5. The summed E-state index contributed by atoms with van der Waals surface area (Å²) < 4.78 is 5.72. The fourth-order valence-corrected chi connectivity index (χ4v) is 4.11. The van der Waals surface area contributed by atoms with Crippen molar-refractivity contribution in [2.45, 2.75) is 33.5 Å². The average molecular weight is 399 g/mol. The van der Waals surface area contributed by atoms with Crippen LogP contribution in [0.25, 0.3) is 0 Å². The number of benzene rings is 3. The molecule has 0 unspecified atom stereocenters. The Morgan fingerprint density at radius 3 is 2.17 bits per heavy atom. The van der Waals surface area contributed by atoms with E-state index in [9.17, 15) is 4.79 Å². The molecule has 3 aromatic carbocycles. The van der Waals surface area contributed by atoms with Crippen molar-refractivity contribution >= 4 is 11.7 Å². The molecule has 4 rings (SSSR count). The number of hydrogen-bond donors (Lipinski definition) is 0. The second-order valence-electron chi connectivity index (χ2n) is 7.76. The van der Waals surface area contributed by atoms with Gasteiger partial charge in [-0.15, -0.1) is 0 Å². The first kappa shape index (κ1) is 19.9. The van der Waals surface area contributed by atoms with Crippen LogP contribution in [0.3, 0.4) is 0 Å². The summed E-state index contributed by atoms with van der Waals surface area (Å²) in [7, 11) is 0. The first-order valence-corrected chi connectivity index (χ1v) is 10.1. The van der Waals surface area contributed by atoms with E-state index in [2.05, 4.69) is 24.2 Å². The molecule has 0 radical (unpaired) electrons. The first-order chi connectivity index (χ1) is 14.5. The van der Waals surface area contributed by atoms with Crippen LogP contribution in [0.15, 0.2) is 78.0 Å². The molecule has 4 heteroatoms. The highest BCUT2D eigenvalue weighted by Crippen LogP contribution is 2.37. The van der Waals surface area contributed by atoms with Crippen molar-refractivity contribution in [3.63, 3.8) is 0 Å². The Morgan fingerprint density at radius 2 is 1.53 bits per heavy atom. The summed E-state index contributed by atoms with van der Waals surface area (Å²) in [5.74, 6) is -0.959. The van der Waals surface area contributed by atoms with Gasteiger partial charge in [0, 0.05) is 5.56 Å². The molecule has 1 aliphatic rings. The van der Waals surface area contributed by atoms with Crippen LogP contribution in [0.1, 0.15) is 39.5 Å². The maximum Gasteiger partial charge on any atom is 0.319 e. The van der Waals surface area contributed by atoms with Gasteiger partial charge in [0.1, 0.15) is 18.2 Å². The molecule has 0 N–H and O–H groups in total. The van der Waals surface area contributed by atoms with Crippen molar-refractivity contribution < 1.29 is 14.4 Å². The highest BCUT2D eigenvalue weighted by molar-refractivity contribution is 6.14. The van der Waals surface area contributed by atoms with E-state index in [1.165, 1.54) is 5.56 Å². The predicted octanol–water partition coefficient (Wildman–Crippen LogP) is 5.45. The molecule has 0 saturated carbocycles. The zero-order valence-corrected chi connectivity index (χ0v) is 17.5. The highest BCUT2D eigenvalue weighted by atomic mass is 16.6. The maximum atomic E-state index is 13.3. The number of oxime groups is 1. The van der Waals surface area contributed by atoms with E-state index in [1.54, 1.807) is 0 Å². The molecule has 3 aromatic rings. The lowest BCUT2D eigenvalue weighted by molar-refractivity contribution is -0.150. The number of nitrogens with zero attached hydrogens (tertiary/aromatic N) is 1. The van der Waals surface area contributed by atoms with E-state index >= 15 is 0 Å². The number of carbonyl (C=O) groups excluding carboxylic acids is 1. The summed E-state index contributed by atoms with van der Waals surface area (Å²) in [5, 5.41) is 4.39. The third-order valence-electron chi connectivity index (χ3n) is 5.40.